The molecule has 15 heavy (non-hydrogen) atoms. The largest absolute Gasteiger partial charge is 1.00 e. The molecule has 2 unspecified atom stereocenters. The third-order valence-electron chi connectivity index (χ3n) is 1.42. The molecule has 0 aliphatic carbocycles. The van der Waals surface area contributed by atoms with Crippen LogP contribution >= 0.6 is 0 Å². The Hall–Kier alpha value is 0.740. The summed E-state index contributed by atoms with van der Waals surface area (Å²) in [7, 11) is -9.86. The van der Waals surface area contributed by atoms with E-state index in [1.165, 1.54) is 0 Å². The van der Waals surface area contributed by atoms with Gasteiger partial charge in [-0.15, -0.1) is 0 Å². The fourth-order valence-electron chi connectivity index (χ4n) is 0.758. The Bertz CT molecular complexity index is 377. The maximum atomic E-state index is 10.5. The molecule has 0 rings (SSSR count). The zero-order valence-corrected chi connectivity index (χ0v) is 11.4. The number of aliphatic hydroxyl groups is 2. The van der Waals surface area contributed by atoms with Gasteiger partial charge in [0.1, 0.15) is 5.25 Å². The first-order chi connectivity index (χ1) is 6.10. The van der Waals surface area contributed by atoms with Crippen molar-refractivity contribution in [2.45, 2.75) is 17.1 Å². The van der Waals surface area contributed by atoms with E-state index >= 15 is 0 Å². The van der Waals surface area contributed by atoms with Gasteiger partial charge in [0.2, 0.25) is 0 Å². The first-order valence-corrected chi connectivity index (χ1v) is 6.33. The van der Waals surface area contributed by atoms with Crippen molar-refractivity contribution in [1.29, 1.82) is 0 Å². The zero-order chi connectivity index (χ0) is 11.6. The van der Waals surface area contributed by atoms with Gasteiger partial charge in [0.15, 0.2) is 5.44 Å². The Morgan fingerprint density at radius 2 is 1.47 bits per heavy atom. The summed E-state index contributed by atoms with van der Waals surface area (Å²) in [4.78, 5) is 0. The van der Waals surface area contributed by atoms with Crippen molar-refractivity contribution < 1.29 is 67.1 Å². The Morgan fingerprint density at radius 1 is 1.07 bits per heavy atom. The SMILES string of the molecule is O=S(=O)(O)C(O)C(CCO)S(=O)(=O)O.[H-].[Na+]. The van der Waals surface area contributed by atoms with Crippen molar-refractivity contribution in [3.05, 3.63) is 0 Å². The van der Waals surface area contributed by atoms with E-state index in [4.69, 9.17) is 19.3 Å². The van der Waals surface area contributed by atoms with Crippen LogP contribution in [0, 0.1) is 0 Å². The van der Waals surface area contributed by atoms with E-state index in [1.54, 1.807) is 0 Å². The van der Waals surface area contributed by atoms with Crippen molar-refractivity contribution in [2.24, 2.45) is 0 Å². The summed E-state index contributed by atoms with van der Waals surface area (Å²) in [6, 6.07) is 0. The summed E-state index contributed by atoms with van der Waals surface area (Å²) < 4.78 is 58.5. The summed E-state index contributed by atoms with van der Waals surface area (Å²) in [5, 5.41) is 15.0. The molecule has 2 atom stereocenters. The number of rotatable bonds is 5. The van der Waals surface area contributed by atoms with E-state index in [1.807, 2.05) is 0 Å². The average Bonchev–Trinajstić information content (AvgIpc) is 1.94. The molecule has 0 aliphatic heterocycles. The van der Waals surface area contributed by atoms with Crippen molar-refractivity contribution in [1.82, 2.24) is 0 Å². The van der Waals surface area contributed by atoms with Crippen molar-refractivity contribution in [2.75, 3.05) is 6.61 Å². The minimum absolute atomic E-state index is 0. The van der Waals surface area contributed by atoms with E-state index in [9.17, 15) is 16.8 Å². The van der Waals surface area contributed by atoms with Crippen molar-refractivity contribution in [3.63, 3.8) is 0 Å². The van der Waals surface area contributed by atoms with Crippen LogP contribution < -0.4 is 29.6 Å². The molecule has 0 aromatic rings. The summed E-state index contributed by atoms with van der Waals surface area (Å²) in [6.07, 6.45) is -0.709. The van der Waals surface area contributed by atoms with E-state index in [0.29, 0.717) is 0 Å². The van der Waals surface area contributed by atoms with E-state index in [2.05, 4.69) is 0 Å². The molecule has 0 heterocycles. The normalized spacial score (nSPS) is 16.5. The first kappa shape index (κ1) is 18.1. The molecule has 0 saturated carbocycles. The Balaban J connectivity index is -0.000000845. The molecule has 0 saturated heterocycles. The molecule has 0 fully saturated rings. The quantitative estimate of drug-likeness (QED) is 0.287. The summed E-state index contributed by atoms with van der Waals surface area (Å²) in [5.41, 5.74) is -2.68. The molecule has 0 aliphatic rings. The topological polar surface area (TPSA) is 149 Å². The maximum absolute atomic E-state index is 10.5. The van der Waals surface area contributed by atoms with Crippen LogP contribution in [0.5, 0.6) is 0 Å². The van der Waals surface area contributed by atoms with Crippen LogP contribution in [-0.2, 0) is 20.2 Å². The molecule has 88 valence electrons. The second-order valence-electron chi connectivity index (χ2n) is 2.47. The Kier molecular flexibility index (Phi) is 7.81. The van der Waals surface area contributed by atoms with Gasteiger partial charge in [0, 0.05) is 6.61 Å². The molecule has 11 heteroatoms. The van der Waals surface area contributed by atoms with Gasteiger partial charge in [-0.1, -0.05) is 0 Å². The van der Waals surface area contributed by atoms with Crippen molar-refractivity contribution in [3.8, 4) is 0 Å². The second-order valence-corrected chi connectivity index (χ2v) is 5.62. The summed E-state index contributed by atoms with van der Waals surface area (Å²) >= 11 is 0. The van der Waals surface area contributed by atoms with Gasteiger partial charge in [0.25, 0.3) is 20.2 Å². The predicted octanol–water partition coefficient (Wildman–Crippen LogP) is -5.05. The minimum Gasteiger partial charge on any atom is -1.00 e. The van der Waals surface area contributed by atoms with Gasteiger partial charge < -0.3 is 11.6 Å². The fraction of sp³-hybridized carbons (Fsp3) is 1.00. The molecule has 4 N–H and O–H groups in total. The zero-order valence-electron chi connectivity index (χ0n) is 8.81. The third kappa shape index (κ3) is 6.14. The minimum atomic E-state index is -5.00. The standard InChI is InChI=1S/C4H10O8S2.Na.H/c5-2-1-3(13(7,8)9)4(6)14(10,11)12;;/h3-6H,1-2H2,(H,7,8,9)(H,10,11,12);;/q;+1;-1. The van der Waals surface area contributed by atoms with Crippen LogP contribution in [0.2, 0.25) is 0 Å². The third-order valence-corrected chi connectivity index (χ3v) is 3.79. The number of hydrogen-bond donors (Lipinski definition) is 4. The van der Waals surface area contributed by atoms with Crippen LogP contribution in [0.1, 0.15) is 7.85 Å². The smallest absolute Gasteiger partial charge is 1.00 e. The first-order valence-electron chi connectivity index (χ1n) is 3.32. The molecule has 0 aromatic carbocycles. The van der Waals surface area contributed by atoms with Gasteiger partial charge >= 0.3 is 29.6 Å². The van der Waals surface area contributed by atoms with Crippen LogP contribution in [0.4, 0.5) is 0 Å². The molecule has 0 amide bonds. The second kappa shape index (κ2) is 6.47. The van der Waals surface area contributed by atoms with Gasteiger partial charge in [-0.2, -0.15) is 16.8 Å². The monoisotopic (exact) mass is 274 g/mol. The van der Waals surface area contributed by atoms with E-state index < -0.39 is 43.9 Å². The average molecular weight is 274 g/mol. The van der Waals surface area contributed by atoms with Crippen molar-refractivity contribution >= 4 is 20.2 Å². The molecular formula is C4H11NaO8S2. The van der Waals surface area contributed by atoms with Crippen LogP contribution in [0.3, 0.4) is 0 Å². The van der Waals surface area contributed by atoms with Crippen LogP contribution in [0.25, 0.3) is 0 Å². The van der Waals surface area contributed by atoms with Crippen LogP contribution in [-0.4, -0.2) is 53.4 Å². The van der Waals surface area contributed by atoms with Gasteiger partial charge in [-0.05, 0) is 6.42 Å². The molecule has 8 nitrogen and oxygen atoms in total. The molecule has 0 spiro atoms. The maximum Gasteiger partial charge on any atom is 1.00 e. The summed E-state index contributed by atoms with van der Waals surface area (Å²) in [6.45, 7) is -0.767. The molecule has 0 radical (unpaired) electrons. The molecule has 0 aromatic heterocycles. The van der Waals surface area contributed by atoms with Crippen LogP contribution in [0.15, 0.2) is 0 Å². The van der Waals surface area contributed by atoms with Gasteiger partial charge in [-0.25, -0.2) is 0 Å². The molecule has 0 bridgehead atoms. The predicted molar refractivity (Wildman–Crippen MR) is 45.7 cm³/mol. The Morgan fingerprint density at radius 3 is 1.67 bits per heavy atom. The number of aliphatic hydroxyl groups excluding tert-OH is 2. The fourth-order valence-corrected chi connectivity index (χ4v) is 2.82. The van der Waals surface area contributed by atoms with E-state index in [-0.39, 0.29) is 31.0 Å². The van der Waals surface area contributed by atoms with Gasteiger partial charge in [-0.3, -0.25) is 9.11 Å². The Labute approximate surface area is 111 Å². The molecular weight excluding hydrogens is 263 g/mol. The van der Waals surface area contributed by atoms with Gasteiger partial charge in [0.05, 0.1) is 0 Å². The summed E-state index contributed by atoms with van der Waals surface area (Å²) in [5.74, 6) is 0. The number of hydrogen-bond acceptors (Lipinski definition) is 6. The van der Waals surface area contributed by atoms with E-state index in [0.717, 1.165) is 0 Å².